The van der Waals surface area contributed by atoms with E-state index in [1.165, 1.54) is 0 Å². The number of benzene rings is 1. The summed E-state index contributed by atoms with van der Waals surface area (Å²) in [6, 6.07) is 5.37. The predicted octanol–water partition coefficient (Wildman–Crippen LogP) is 2.14. The van der Waals surface area contributed by atoms with Crippen molar-refractivity contribution in [1.29, 1.82) is 0 Å². The molecule has 0 saturated heterocycles. The number of hydrogen-bond acceptors (Lipinski definition) is 5. The first-order valence-electron chi connectivity index (χ1n) is 6.82. The fourth-order valence-corrected chi connectivity index (χ4v) is 1.72. The molecule has 0 aliphatic rings. The number of rotatable bonds is 8. The van der Waals surface area contributed by atoms with Gasteiger partial charge in [-0.25, -0.2) is 0 Å². The summed E-state index contributed by atoms with van der Waals surface area (Å²) >= 11 is 0. The molecule has 0 heterocycles. The summed E-state index contributed by atoms with van der Waals surface area (Å²) in [4.78, 5) is 11.5. The molecule has 0 amide bonds. The Morgan fingerprint density at radius 1 is 1.25 bits per heavy atom. The second-order valence-electron chi connectivity index (χ2n) is 4.27. The van der Waals surface area contributed by atoms with Gasteiger partial charge in [-0.05, 0) is 38.5 Å². The monoisotopic (exact) mass is 281 g/mol. The van der Waals surface area contributed by atoms with Gasteiger partial charge in [-0.15, -0.1) is 0 Å². The molecule has 1 N–H and O–H groups in total. The van der Waals surface area contributed by atoms with E-state index in [-0.39, 0.29) is 12.0 Å². The Labute approximate surface area is 120 Å². The molecular weight excluding hydrogens is 258 g/mol. The van der Waals surface area contributed by atoms with E-state index in [0.29, 0.717) is 25.5 Å². The third-order valence-corrected chi connectivity index (χ3v) is 2.78. The van der Waals surface area contributed by atoms with Crippen LogP contribution in [0.4, 0.5) is 0 Å². The van der Waals surface area contributed by atoms with E-state index in [1.807, 2.05) is 25.1 Å². The summed E-state index contributed by atoms with van der Waals surface area (Å²) < 4.78 is 15.7. The van der Waals surface area contributed by atoms with Crippen molar-refractivity contribution in [2.24, 2.45) is 0 Å². The van der Waals surface area contributed by atoms with Crippen LogP contribution in [-0.2, 0) is 16.1 Å². The number of ether oxygens (including phenoxy) is 3. The summed E-state index contributed by atoms with van der Waals surface area (Å²) in [7, 11) is 1.61. The van der Waals surface area contributed by atoms with E-state index < -0.39 is 0 Å². The van der Waals surface area contributed by atoms with Crippen LogP contribution in [0, 0.1) is 0 Å². The van der Waals surface area contributed by atoms with E-state index in [4.69, 9.17) is 14.2 Å². The topological polar surface area (TPSA) is 56.8 Å². The lowest BCUT2D eigenvalue weighted by molar-refractivity contribution is -0.145. The Kier molecular flexibility index (Phi) is 6.87. The Morgan fingerprint density at radius 3 is 2.60 bits per heavy atom. The first-order valence-corrected chi connectivity index (χ1v) is 6.82. The van der Waals surface area contributed by atoms with Crippen LogP contribution in [0.3, 0.4) is 0 Å². The van der Waals surface area contributed by atoms with Gasteiger partial charge in [0.25, 0.3) is 0 Å². The molecule has 0 aliphatic heterocycles. The van der Waals surface area contributed by atoms with Crippen LogP contribution < -0.4 is 14.8 Å². The van der Waals surface area contributed by atoms with Crippen molar-refractivity contribution >= 4 is 5.97 Å². The maximum Gasteiger partial charge on any atom is 0.322 e. The Bertz CT molecular complexity index is 434. The van der Waals surface area contributed by atoms with Gasteiger partial charge in [-0.2, -0.15) is 0 Å². The summed E-state index contributed by atoms with van der Waals surface area (Å²) in [5, 5.41) is 3.12. The molecule has 112 valence electrons. The molecule has 1 rings (SSSR count). The van der Waals surface area contributed by atoms with Gasteiger partial charge < -0.3 is 19.5 Å². The normalized spacial score (nSPS) is 11.8. The van der Waals surface area contributed by atoms with E-state index in [2.05, 4.69) is 5.32 Å². The third kappa shape index (κ3) is 4.74. The average molecular weight is 281 g/mol. The zero-order valence-electron chi connectivity index (χ0n) is 12.6. The minimum Gasteiger partial charge on any atom is -0.493 e. The zero-order valence-corrected chi connectivity index (χ0v) is 12.6. The summed E-state index contributed by atoms with van der Waals surface area (Å²) in [6.07, 6.45) is 0. The van der Waals surface area contributed by atoms with Gasteiger partial charge in [0.15, 0.2) is 11.5 Å². The highest BCUT2D eigenvalue weighted by molar-refractivity contribution is 5.75. The molecule has 0 aliphatic carbocycles. The first kappa shape index (κ1) is 16.3. The molecule has 5 heteroatoms. The molecule has 1 aromatic rings. The Hall–Kier alpha value is -1.75. The van der Waals surface area contributed by atoms with Crippen molar-refractivity contribution in [2.45, 2.75) is 33.4 Å². The van der Waals surface area contributed by atoms with Crippen molar-refractivity contribution in [1.82, 2.24) is 5.32 Å². The lowest BCUT2D eigenvalue weighted by Gasteiger charge is -2.14. The van der Waals surface area contributed by atoms with Crippen LogP contribution in [0.25, 0.3) is 0 Å². The molecule has 0 aromatic heterocycles. The molecule has 1 aromatic carbocycles. The van der Waals surface area contributed by atoms with Crippen molar-refractivity contribution < 1.29 is 19.0 Å². The van der Waals surface area contributed by atoms with E-state index in [9.17, 15) is 4.79 Å². The van der Waals surface area contributed by atoms with Crippen LogP contribution in [0.2, 0.25) is 0 Å². The van der Waals surface area contributed by atoms with Crippen molar-refractivity contribution in [3.05, 3.63) is 23.8 Å². The molecule has 20 heavy (non-hydrogen) atoms. The molecular formula is C15H23NO4. The fraction of sp³-hybridized carbons (Fsp3) is 0.533. The van der Waals surface area contributed by atoms with Gasteiger partial charge in [0, 0.05) is 6.54 Å². The van der Waals surface area contributed by atoms with Crippen LogP contribution in [-0.4, -0.2) is 32.3 Å². The molecule has 0 spiro atoms. The molecule has 1 unspecified atom stereocenters. The van der Waals surface area contributed by atoms with E-state index in [0.717, 1.165) is 11.3 Å². The standard InChI is InChI=1S/C15H23NO4/c1-5-19-13-8-7-12(9-14(13)18-4)10-16-11(3)15(17)20-6-2/h7-9,11,16H,5-6,10H2,1-4H3. The summed E-state index contributed by atoms with van der Waals surface area (Å²) in [6.45, 7) is 7.04. The quantitative estimate of drug-likeness (QED) is 0.740. The van der Waals surface area contributed by atoms with E-state index in [1.54, 1.807) is 21.0 Å². The second kappa shape index (κ2) is 8.43. The molecule has 0 fully saturated rings. The van der Waals surface area contributed by atoms with Crippen LogP contribution in [0.15, 0.2) is 18.2 Å². The Morgan fingerprint density at radius 2 is 2.00 bits per heavy atom. The summed E-state index contributed by atoms with van der Waals surface area (Å²) in [5.74, 6) is 1.16. The third-order valence-electron chi connectivity index (χ3n) is 2.78. The number of carbonyl (C=O) groups is 1. The number of carbonyl (C=O) groups excluding carboxylic acids is 1. The minimum atomic E-state index is -0.340. The predicted molar refractivity (Wildman–Crippen MR) is 77.1 cm³/mol. The van der Waals surface area contributed by atoms with Crippen LogP contribution in [0.1, 0.15) is 26.3 Å². The van der Waals surface area contributed by atoms with Crippen LogP contribution in [0.5, 0.6) is 11.5 Å². The molecule has 0 bridgehead atoms. The largest absolute Gasteiger partial charge is 0.493 e. The van der Waals surface area contributed by atoms with Gasteiger partial charge in [0.1, 0.15) is 6.04 Å². The van der Waals surface area contributed by atoms with Gasteiger partial charge in [-0.1, -0.05) is 6.07 Å². The Balaban J connectivity index is 2.62. The van der Waals surface area contributed by atoms with Gasteiger partial charge >= 0.3 is 5.97 Å². The van der Waals surface area contributed by atoms with Crippen molar-refractivity contribution in [3.63, 3.8) is 0 Å². The maximum atomic E-state index is 11.5. The molecule has 5 nitrogen and oxygen atoms in total. The number of nitrogens with one attached hydrogen (secondary N) is 1. The smallest absolute Gasteiger partial charge is 0.322 e. The lowest BCUT2D eigenvalue weighted by atomic mass is 10.2. The van der Waals surface area contributed by atoms with E-state index >= 15 is 0 Å². The van der Waals surface area contributed by atoms with Crippen molar-refractivity contribution in [3.8, 4) is 11.5 Å². The fourth-order valence-electron chi connectivity index (χ4n) is 1.72. The van der Waals surface area contributed by atoms with Gasteiger partial charge in [0.2, 0.25) is 0 Å². The zero-order chi connectivity index (χ0) is 15.0. The lowest BCUT2D eigenvalue weighted by Crippen LogP contribution is -2.34. The summed E-state index contributed by atoms with van der Waals surface area (Å²) in [5.41, 5.74) is 1.02. The first-order chi connectivity index (χ1) is 9.62. The average Bonchev–Trinajstić information content (AvgIpc) is 2.46. The van der Waals surface area contributed by atoms with Gasteiger partial charge in [0.05, 0.1) is 20.3 Å². The molecule has 0 radical (unpaired) electrons. The minimum absolute atomic E-state index is 0.245. The number of esters is 1. The number of hydrogen-bond donors (Lipinski definition) is 1. The highest BCUT2D eigenvalue weighted by Crippen LogP contribution is 2.27. The van der Waals surface area contributed by atoms with Crippen molar-refractivity contribution in [2.75, 3.05) is 20.3 Å². The maximum absolute atomic E-state index is 11.5. The second-order valence-corrected chi connectivity index (χ2v) is 4.27. The highest BCUT2D eigenvalue weighted by atomic mass is 16.5. The SMILES string of the molecule is CCOC(=O)C(C)NCc1ccc(OCC)c(OC)c1. The highest BCUT2D eigenvalue weighted by Gasteiger charge is 2.13. The molecule has 1 atom stereocenters. The van der Waals surface area contributed by atoms with Crippen LogP contribution >= 0.6 is 0 Å². The van der Waals surface area contributed by atoms with Gasteiger partial charge in [-0.3, -0.25) is 4.79 Å². The molecule has 0 saturated carbocycles. The number of methoxy groups -OCH3 is 1.